The predicted molar refractivity (Wildman–Crippen MR) is 149 cm³/mol. The van der Waals surface area contributed by atoms with Crippen molar-refractivity contribution in [3.8, 4) is 11.5 Å². The molecule has 0 bridgehead atoms. The number of carbonyl (C=O) groups excluding carboxylic acids is 1. The van der Waals surface area contributed by atoms with Crippen LogP contribution in [0.2, 0.25) is 0 Å². The Labute approximate surface area is 240 Å². The van der Waals surface area contributed by atoms with E-state index >= 15 is 0 Å². The Balaban J connectivity index is 1.17. The number of halogens is 3. The first-order chi connectivity index (χ1) is 19.6. The van der Waals surface area contributed by atoms with Gasteiger partial charge in [-0.2, -0.15) is 0 Å². The van der Waals surface area contributed by atoms with Crippen LogP contribution in [0.5, 0.6) is 11.5 Å². The third-order valence-corrected chi connectivity index (χ3v) is 9.91. The minimum Gasteiger partial charge on any atom is -0.487 e. The number of hydrogen-bond donors (Lipinski definition) is 0. The van der Waals surface area contributed by atoms with Gasteiger partial charge in [-0.25, -0.2) is 0 Å². The molecule has 2 saturated carbocycles. The van der Waals surface area contributed by atoms with E-state index in [1.807, 2.05) is 19.9 Å². The molecule has 0 aromatic heterocycles. The molecule has 2 heterocycles. The number of hydrogen-bond acceptors (Lipinski definition) is 5. The van der Waals surface area contributed by atoms with Crippen molar-refractivity contribution in [2.24, 2.45) is 11.8 Å². The standard InChI is InChI=1S/C33H40F3NO4/c1-20(31(38)39-3)30(24-7-8-24)26-9-6-23-12-13-32(40-29(23)19-26)14-16-37(17-15-32)21(2)27-18-25(22-4-5-22)10-11-28(27)41-33(34,35)36/h6,9-11,18-22,24,30H,4-5,7-8,12-17H2,1-3H3/t20-,21?,30-/m0/s1. The Morgan fingerprint density at radius 2 is 1.76 bits per heavy atom. The van der Waals surface area contributed by atoms with Crippen LogP contribution in [0.4, 0.5) is 13.2 Å². The Morgan fingerprint density at radius 3 is 2.39 bits per heavy atom. The number of esters is 1. The fourth-order valence-electron chi connectivity index (χ4n) is 7.13. The van der Waals surface area contributed by atoms with Crippen LogP contribution >= 0.6 is 0 Å². The fraction of sp³-hybridized carbons (Fsp3) is 0.606. The molecule has 41 heavy (non-hydrogen) atoms. The van der Waals surface area contributed by atoms with Gasteiger partial charge in [0.1, 0.15) is 17.1 Å². The van der Waals surface area contributed by atoms with E-state index in [1.165, 1.54) is 18.7 Å². The van der Waals surface area contributed by atoms with E-state index in [0.717, 1.165) is 81.3 Å². The number of piperidine rings is 1. The number of carbonyl (C=O) groups is 1. The Hall–Kier alpha value is -2.74. The molecule has 1 saturated heterocycles. The van der Waals surface area contributed by atoms with Gasteiger partial charge in [-0.05, 0) is 105 Å². The summed E-state index contributed by atoms with van der Waals surface area (Å²) in [5.74, 6) is 1.49. The highest BCUT2D eigenvalue weighted by Crippen LogP contribution is 2.49. The first kappa shape index (κ1) is 28.4. The molecule has 8 heteroatoms. The summed E-state index contributed by atoms with van der Waals surface area (Å²) >= 11 is 0. The van der Waals surface area contributed by atoms with Crippen LogP contribution in [0.3, 0.4) is 0 Å². The molecule has 4 aliphatic rings. The Morgan fingerprint density at radius 1 is 1.02 bits per heavy atom. The first-order valence-corrected chi connectivity index (χ1v) is 15.1. The van der Waals surface area contributed by atoms with Crippen LogP contribution in [-0.2, 0) is 16.0 Å². The Kier molecular flexibility index (Phi) is 7.50. The monoisotopic (exact) mass is 571 g/mol. The molecule has 3 fully saturated rings. The molecular formula is C33H40F3NO4. The van der Waals surface area contributed by atoms with Crippen LogP contribution in [0.15, 0.2) is 36.4 Å². The van der Waals surface area contributed by atoms with E-state index in [2.05, 4.69) is 27.8 Å². The van der Waals surface area contributed by atoms with Crippen molar-refractivity contribution in [1.82, 2.24) is 4.90 Å². The highest BCUT2D eigenvalue weighted by atomic mass is 19.4. The molecule has 2 aliphatic heterocycles. The van der Waals surface area contributed by atoms with Crippen molar-refractivity contribution in [1.29, 1.82) is 0 Å². The van der Waals surface area contributed by atoms with E-state index in [1.54, 1.807) is 6.07 Å². The number of nitrogens with zero attached hydrogens (tertiary/aromatic N) is 1. The highest BCUT2D eigenvalue weighted by Gasteiger charge is 2.43. The smallest absolute Gasteiger partial charge is 0.487 e. The summed E-state index contributed by atoms with van der Waals surface area (Å²) in [6.45, 7) is 5.41. The lowest BCUT2D eigenvalue weighted by atomic mass is 9.80. The van der Waals surface area contributed by atoms with E-state index in [9.17, 15) is 18.0 Å². The van der Waals surface area contributed by atoms with E-state index in [4.69, 9.17) is 9.47 Å². The number of ether oxygens (including phenoxy) is 3. The predicted octanol–water partition coefficient (Wildman–Crippen LogP) is 7.69. The van der Waals surface area contributed by atoms with Crippen LogP contribution in [0.1, 0.15) is 98.9 Å². The zero-order valence-electron chi connectivity index (χ0n) is 24.1. The average Bonchev–Trinajstić information content (AvgIpc) is 3.87. The molecule has 1 unspecified atom stereocenters. The first-order valence-electron chi connectivity index (χ1n) is 15.1. The van der Waals surface area contributed by atoms with Crippen molar-refractivity contribution >= 4 is 5.97 Å². The maximum atomic E-state index is 13.2. The summed E-state index contributed by atoms with van der Waals surface area (Å²) in [5, 5.41) is 0. The number of rotatable bonds is 8. The summed E-state index contributed by atoms with van der Waals surface area (Å²) in [6, 6.07) is 11.5. The van der Waals surface area contributed by atoms with Crippen molar-refractivity contribution in [2.45, 2.75) is 95.1 Å². The molecule has 2 aliphatic carbocycles. The normalized spacial score (nSPS) is 22.8. The SMILES string of the molecule is COC(=O)[C@@H](C)[C@H](c1ccc2c(c1)OC1(CC2)CCN(C(C)c2cc(C3CC3)ccc2OC(F)(F)F)CC1)C1CC1. The molecule has 2 aromatic carbocycles. The summed E-state index contributed by atoms with van der Waals surface area (Å²) < 4.78 is 55.9. The molecule has 5 nitrogen and oxygen atoms in total. The number of alkyl halides is 3. The second-order valence-corrected chi connectivity index (χ2v) is 12.7. The molecular weight excluding hydrogens is 531 g/mol. The number of aryl methyl sites for hydroxylation is 1. The maximum Gasteiger partial charge on any atom is 0.573 e. The van der Waals surface area contributed by atoms with Gasteiger partial charge >= 0.3 is 12.3 Å². The van der Waals surface area contributed by atoms with Crippen LogP contribution in [0.25, 0.3) is 0 Å². The van der Waals surface area contributed by atoms with Gasteiger partial charge in [0.2, 0.25) is 0 Å². The number of fused-ring (bicyclic) bond motifs is 1. The summed E-state index contributed by atoms with van der Waals surface area (Å²) in [6.07, 6.45) is 3.17. The molecule has 3 atom stereocenters. The van der Waals surface area contributed by atoms with Crippen molar-refractivity contribution in [3.05, 3.63) is 58.7 Å². The van der Waals surface area contributed by atoms with E-state index in [-0.39, 0.29) is 35.2 Å². The molecule has 2 aromatic rings. The minimum atomic E-state index is -4.73. The zero-order valence-corrected chi connectivity index (χ0v) is 24.1. The lowest BCUT2D eigenvalue weighted by Gasteiger charge is -2.46. The third kappa shape index (κ3) is 6.08. The lowest BCUT2D eigenvalue weighted by Crippen LogP contribution is -2.50. The minimum absolute atomic E-state index is 0.101. The topological polar surface area (TPSA) is 48.0 Å². The van der Waals surface area contributed by atoms with E-state index < -0.39 is 6.36 Å². The lowest BCUT2D eigenvalue weighted by molar-refractivity contribution is -0.275. The van der Waals surface area contributed by atoms with E-state index in [0.29, 0.717) is 17.4 Å². The van der Waals surface area contributed by atoms with Gasteiger partial charge in [0.05, 0.1) is 13.0 Å². The van der Waals surface area contributed by atoms with Gasteiger partial charge in [-0.3, -0.25) is 9.69 Å². The van der Waals surface area contributed by atoms with Gasteiger partial charge in [-0.1, -0.05) is 31.2 Å². The Bertz CT molecular complexity index is 1280. The molecule has 0 N–H and O–H groups in total. The molecule has 1 spiro atoms. The third-order valence-electron chi connectivity index (χ3n) is 9.91. The summed E-state index contributed by atoms with van der Waals surface area (Å²) in [4.78, 5) is 14.7. The van der Waals surface area contributed by atoms with Crippen LogP contribution in [0, 0.1) is 11.8 Å². The van der Waals surface area contributed by atoms with Gasteiger partial charge in [0.25, 0.3) is 0 Å². The van der Waals surface area contributed by atoms with Crippen molar-refractivity contribution < 1.29 is 32.2 Å². The van der Waals surface area contributed by atoms with Gasteiger partial charge in [0, 0.05) is 24.7 Å². The van der Waals surface area contributed by atoms with Crippen LogP contribution < -0.4 is 9.47 Å². The second kappa shape index (κ2) is 10.8. The zero-order chi connectivity index (χ0) is 28.9. The van der Waals surface area contributed by atoms with Crippen molar-refractivity contribution in [2.75, 3.05) is 20.2 Å². The summed E-state index contributed by atoms with van der Waals surface area (Å²) in [7, 11) is 1.45. The quantitative estimate of drug-likeness (QED) is 0.304. The number of benzene rings is 2. The number of likely N-dealkylation sites (tertiary alicyclic amines) is 1. The number of methoxy groups -OCH3 is 1. The van der Waals surface area contributed by atoms with Crippen molar-refractivity contribution in [3.63, 3.8) is 0 Å². The highest BCUT2D eigenvalue weighted by molar-refractivity contribution is 5.73. The largest absolute Gasteiger partial charge is 0.573 e. The fourth-order valence-corrected chi connectivity index (χ4v) is 7.13. The molecule has 222 valence electrons. The molecule has 0 radical (unpaired) electrons. The van der Waals surface area contributed by atoms with Gasteiger partial charge in [0.15, 0.2) is 0 Å². The average molecular weight is 572 g/mol. The van der Waals surface area contributed by atoms with Crippen LogP contribution in [-0.4, -0.2) is 43.0 Å². The molecule has 0 amide bonds. The maximum absolute atomic E-state index is 13.2. The summed E-state index contributed by atoms with van der Waals surface area (Å²) in [5.41, 5.74) is 3.75. The van der Waals surface area contributed by atoms with Gasteiger partial charge < -0.3 is 14.2 Å². The van der Waals surface area contributed by atoms with Gasteiger partial charge in [-0.15, -0.1) is 13.2 Å². The molecule has 6 rings (SSSR count). The second-order valence-electron chi connectivity index (χ2n) is 12.7.